The van der Waals surface area contributed by atoms with E-state index in [1.165, 1.54) is 0 Å². The average molecular weight is 332 g/mol. The van der Waals surface area contributed by atoms with Gasteiger partial charge in [0.05, 0.1) is 23.2 Å². The van der Waals surface area contributed by atoms with Crippen LogP contribution in [0.15, 0.2) is 23.6 Å². The molecule has 6 heteroatoms. The smallest absolute Gasteiger partial charge is 0.228 e. The van der Waals surface area contributed by atoms with E-state index in [2.05, 4.69) is 4.98 Å². The second-order valence-electron chi connectivity index (χ2n) is 5.62. The standard InChI is InChI=1S/C17H20N2O3S/c1-11(13-4-5-15-16(8-13)22-7-6-21-15)19(3)17(20)9-14-10-23-12(2)18-14/h4-5,8,10-11H,6-7,9H2,1-3H3/t11-/m1/s1. The number of hydrogen-bond acceptors (Lipinski definition) is 5. The van der Waals surface area contributed by atoms with E-state index >= 15 is 0 Å². The average Bonchev–Trinajstić information content (AvgIpc) is 2.97. The number of nitrogens with zero attached hydrogens (tertiary/aromatic N) is 2. The summed E-state index contributed by atoms with van der Waals surface area (Å²) >= 11 is 1.57. The van der Waals surface area contributed by atoms with Crippen LogP contribution in [0.4, 0.5) is 0 Å². The molecule has 122 valence electrons. The molecular formula is C17H20N2O3S. The second-order valence-corrected chi connectivity index (χ2v) is 6.68. The van der Waals surface area contributed by atoms with Crippen molar-refractivity contribution >= 4 is 17.2 Å². The van der Waals surface area contributed by atoms with Crippen LogP contribution in [-0.4, -0.2) is 36.1 Å². The number of carbonyl (C=O) groups excluding carboxylic acids is 1. The third kappa shape index (κ3) is 3.47. The van der Waals surface area contributed by atoms with Gasteiger partial charge in [0, 0.05) is 12.4 Å². The lowest BCUT2D eigenvalue weighted by Crippen LogP contribution is -2.31. The first-order chi connectivity index (χ1) is 11.0. The van der Waals surface area contributed by atoms with Crippen LogP contribution in [0.5, 0.6) is 11.5 Å². The molecule has 0 unspecified atom stereocenters. The summed E-state index contributed by atoms with van der Waals surface area (Å²) in [4.78, 5) is 18.6. The SMILES string of the molecule is Cc1nc(CC(=O)N(C)[C@H](C)c2ccc3c(c2)OCCO3)cs1. The van der Waals surface area contributed by atoms with Crippen LogP contribution >= 0.6 is 11.3 Å². The Morgan fingerprint density at radius 2 is 2.09 bits per heavy atom. The number of carbonyl (C=O) groups is 1. The number of ether oxygens (including phenoxy) is 2. The van der Waals surface area contributed by atoms with Gasteiger partial charge in [-0.1, -0.05) is 6.07 Å². The van der Waals surface area contributed by atoms with Gasteiger partial charge in [0.1, 0.15) is 13.2 Å². The summed E-state index contributed by atoms with van der Waals surface area (Å²) in [5.41, 5.74) is 1.86. The number of aromatic nitrogens is 1. The van der Waals surface area contributed by atoms with E-state index in [0.717, 1.165) is 27.8 Å². The van der Waals surface area contributed by atoms with Crippen LogP contribution in [0.3, 0.4) is 0 Å². The molecule has 1 aromatic carbocycles. The molecule has 1 aromatic heterocycles. The third-order valence-electron chi connectivity index (χ3n) is 4.02. The summed E-state index contributed by atoms with van der Waals surface area (Å²) in [6.07, 6.45) is 0.329. The highest BCUT2D eigenvalue weighted by atomic mass is 32.1. The Balaban J connectivity index is 1.71. The second kappa shape index (κ2) is 6.58. The summed E-state index contributed by atoms with van der Waals surface area (Å²) < 4.78 is 11.2. The number of fused-ring (bicyclic) bond motifs is 1. The minimum absolute atomic E-state index is 0.0435. The van der Waals surface area contributed by atoms with Crippen molar-refractivity contribution in [1.29, 1.82) is 0 Å². The van der Waals surface area contributed by atoms with Gasteiger partial charge in [-0.25, -0.2) is 4.98 Å². The Kier molecular flexibility index (Phi) is 4.52. The molecule has 5 nitrogen and oxygen atoms in total. The molecule has 0 N–H and O–H groups in total. The van der Waals surface area contributed by atoms with E-state index < -0.39 is 0 Å². The summed E-state index contributed by atoms with van der Waals surface area (Å²) in [5, 5.41) is 2.92. The van der Waals surface area contributed by atoms with E-state index in [0.29, 0.717) is 19.6 Å². The van der Waals surface area contributed by atoms with Crippen molar-refractivity contribution in [2.75, 3.05) is 20.3 Å². The van der Waals surface area contributed by atoms with Gasteiger partial charge in [0.2, 0.25) is 5.91 Å². The maximum Gasteiger partial charge on any atom is 0.228 e. The molecule has 0 saturated heterocycles. The Hall–Kier alpha value is -2.08. The minimum atomic E-state index is -0.0435. The highest BCUT2D eigenvalue weighted by Gasteiger charge is 2.21. The van der Waals surface area contributed by atoms with Gasteiger partial charge in [-0.2, -0.15) is 0 Å². The van der Waals surface area contributed by atoms with E-state index in [9.17, 15) is 4.79 Å². The van der Waals surface area contributed by atoms with Crippen molar-refractivity contribution in [1.82, 2.24) is 9.88 Å². The first-order valence-electron chi connectivity index (χ1n) is 7.61. The van der Waals surface area contributed by atoms with Crippen molar-refractivity contribution in [3.05, 3.63) is 39.8 Å². The molecule has 1 atom stereocenters. The van der Waals surface area contributed by atoms with E-state index in [-0.39, 0.29) is 11.9 Å². The first kappa shape index (κ1) is 15.8. The van der Waals surface area contributed by atoms with E-state index in [1.807, 2.05) is 44.5 Å². The van der Waals surface area contributed by atoms with Crippen LogP contribution in [0, 0.1) is 6.92 Å². The largest absolute Gasteiger partial charge is 0.486 e. The molecule has 2 heterocycles. The maximum atomic E-state index is 12.5. The number of aryl methyl sites for hydroxylation is 1. The van der Waals surface area contributed by atoms with Crippen LogP contribution < -0.4 is 9.47 Å². The predicted molar refractivity (Wildman–Crippen MR) is 89.2 cm³/mol. The summed E-state index contributed by atoms with van der Waals surface area (Å²) in [6, 6.07) is 5.80. The van der Waals surface area contributed by atoms with Gasteiger partial charge in [-0.3, -0.25) is 4.79 Å². The van der Waals surface area contributed by atoms with Crippen molar-refractivity contribution in [2.45, 2.75) is 26.3 Å². The van der Waals surface area contributed by atoms with E-state index in [4.69, 9.17) is 9.47 Å². The maximum absolute atomic E-state index is 12.5. The number of benzene rings is 1. The molecule has 1 aliphatic rings. The molecule has 3 rings (SSSR count). The van der Waals surface area contributed by atoms with Crippen LogP contribution in [0.2, 0.25) is 0 Å². The number of hydrogen-bond donors (Lipinski definition) is 0. The molecule has 0 radical (unpaired) electrons. The summed E-state index contributed by atoms with van der Waals surface area (Å²) in [5.74, 6) is 1.56. The molecule has 0 spiro atoms. The fourth-order valence-electron chi connectivity index (χ4n) is 2.53. The Morgan fingerprint density at radius 1 is 1.35 bits per heavy atom. The van der Waals surface area contributed by atoms with Gasteiger partial charge in [0.25, 0.3) is 0 Å². The molecule has 0 bridgehead atoms. The third-order valence-corrected chi connectivity index (χ3v) is 4.84. The zero-order chi connectivity index (χ0) is 16.4. The monoisotopic (exact) mass is 332 g/mol. The van der Waals surface area contributed by atoms with Gasteiger partial charge >= 0.3 is 0 Å². The number of thiazole rings is 1. The van der Waals surface area contributed by atoms with Crippen LogP contribution in [-0.2, 0) is 11.2 Å². The van der Waals surface area contributed by atoms with Gasteiger partial charge in [-0.05, 0) is 31.5 Å². The fourth-order valence-corrected chi connectivity index (χ4v) is 3.14. The lowest BCUT2D eigenvalue weighted by molar-refractivity contribution is -0.131. The molecule has 23 heavy (non-hydrogen) atoms. The van der Waals surface area contributed by atoms with Crippen molar-refractivity contribution in [3.63, 3.8) is 0 Å². The van der Waals surface area contributed by atoms with Crippen molar-refractivity contribution in [2.24, 2.45) is 0 Å². The highest BCUT2D eigenvalue weighted by Crippen LogP contribution is 2.33. The Labute approximate surface area is 139 Å². The normalized spacial score (nSPS) is 14.4. The molecule has 1 amide bonds. The number of likely N-dealkylation sites (N-methyl/N-ethyl adjacent to an activating group) is 1. The zero-order valence-electron chi connectivity index (χ0n) is 13.5. The Morgan fingerprint density at radius 3 is 2.78 bits per heavy atom. The molecular weight excluding hydrogens is 312 g/mol. The summed E-state index contributed by atoms with van der Waals surface area (Å²) in [6.45, 7) is 5.09. The number of rotatable bonds is 4. The van der Waals surface area contributed by atoms with Crippen LogP contribution in [0.1, 0.15) is 29.2 Å². The summed E-state index contributed by atoms with van der Waals surface area (Å²) in [7, 11) is 1.82. The molecule has 0 fully saturated rings. The van der Waals surface area contributed by atoms with Gasteiger partial charge in [-0.15, -0.1) is 11.3 Å². The predicted octanol–water partition coefficient (Wildman–Crippen LogP) is 2.98. The molecule has 1 aliphatic heterocycles. The van der Waals surface area contributed by atoms with Gasteiger partial charge in [0.15, 0.2) is 11.5 Å². The quantitative estimate of drug-likeness (QED) is 0.864. The minimum Gasteiger partial charge on any atom is -0.486 e. The molecule has 0 aliphatic carbocycles. The zero-order valence-corrected chi connectivity index (χ0v) is 14.4. The topological polar surface area (TPSA) is 51.7 Å². The first-order valence-corrected chi connectivity index (χ1v) is 8.49. The van der Waals surface area contributed by atoms with E-state index in [1.54, 1.807) is 16.2 Å². The van der Waals surface area contributed by atoms with Crippen LogP contribution in [0.25, 0.3) is 0 Å². The van der Waals surface area contributed by atoms with Gasteiger partial charge < -0.3 is 14.4 Å². The number of amides is 1. The fraction of sp³-hybridized carbons (Fsp3) is 0.412. The van der Waals surface area contributed by atoms with Crippen molar-refractivity contribution in [3.8, 4) is 11.5 Å². The molecule has 0 saturated carbocycles. The van der Waals surface area contributed by atoms with Crippen molar-refractivity contribution < 1.29 is 14.3 Å². The lowest BCUT2D eigenvalue weighted by Gasteiger charge is -2.27. The highest BCUT2D eigenvalue weighted by molar-refractivity contribution is 7.09. The Bertz CT molecular complexity index is 714. The molecule has 2 aromatic rings. The lowest BCUT2D eigenvalue weighted by atomic mass is 10.1.